The van der Waals surface area contributed by atoms with Gasteiger partial charge in [0, 0.05) is 0 Å². The van der Waals surface area contributed by atoms with Crippen LogP contribution in [0, 0.1) is 16.2 Å². The van der Waals surface area contributed by atoms with Gasteiger partial charge in [-0.25, -0.2) is 0 Å². The van der Waals surface area contributed by atoms with E-state index in [1.165, 1.54) is 0 Å². The topological polar surface area (TPSA) is 46.1 Å². The summed E-state index contributed by atoms with van der Waals surface area (Å²) in [5.74, 6) is 1.68. The minimum Gasteiger partial charge on any atom is -0.619 e. The molecule has 1 aliphatic rings. The molecule has 3 nitrogen and oxygen atoms in total. The Kier molecular flexibility index (Phi) is 1.77. The zero-order valence-corrected chi connectivity index (χ0v) is 5.19. The van der Waals surface area contributed by atoms with Crippen molar-refractivity contribution in [2.75, 3.05) is 6.54 Å². The molecule has 0 bridgehead atoms. The summed E-state index contributed by atoms with van der Waals surface area (Å²) in [5, 5.41) is 20.9. The first-order valence-corrected chi connectivity index (χ1v) is 3.34. The van der Waals surface area contributed by atoms with Crippen molar-refractivity contribution in [2.45, 2.75) is 12.8 Å². The Morgan fingerprint density at radius 2 is 2.25 bits per heavy atom. The van der Waals surface area contributed by atoms with E-state index in [9.17, 15) is 10.4 Å². The molecule has 1 heterocycles. The van der Waals surface area contributed by atoms with Crippen LogP contribution in [0.2, 0.25) is 0 Å². The molecular weight excluding hydrogens is 126 g/mol. The second-order valence-corrected chi connectivity index (χ2v) is 2.85. The van der Waals surface area contributed by atoms with Crippen molar-refractivity contribution >= 4 is 11.9 Å². The van der Waals surface area contributed by atoms with Gasteiger partial charge < -0.3 is 14.6 Å². The monoisotopic (exact) mass is 133 g/mol. The molecule has 0 saturated carbocycles. The lowest BCUT2D eigenvalue weighted by Gasteiger charge is -2.45. The van der Waals surface area contributed by atoms with Crippen molar-refractivity contribution in [3.8, 4) is 0 Å². The highest BCUT2D eigenvalue weighted by atomic mass is 32.2. The zero-order valence-electron chi connectivity index (χ0n) is 4.37. The molecule has 0 spiro atoms. The van der Waals surface area contributed by atoms with E-state index in [0.717, 1.165) is 24.8 Å². The molecule has 1 fully saturated rings. The lowest BCUT2D eigenvalue weighted by Crippen LogP contribution is -2.30. The molecule has 1 rings (SSSR count). The third kappa shape index (κ3) is 1.63. The molecular formula is C4H7NO2S-. The van der Waals surface area contributed by atoms with Gasteiger partial charge in [-0.15, -0.1) is 0 Å². The normalized spacial score (nSPS) is 27.8. The van der Waals surface area contributed by atoms with Gasteiger partial charge in [0.25, 0.3) is 0 Å². The van der Waals surface area contributed by atoms with Gasteiger partial charge in [-0.1, -0.05) is 0 Å². The number of quaternary nitrogens is 1. The van der Waals surface area contributed by atoms with Crippen LogP contribution in [0.5, 0.6) is 0 Å². The fraction of sp³-hybridized carbons (Fsp3) is 0.750. The van der Waals surface area contributed by atoms with E-state index >= 15 is 0 Å². The molecule has 0 aromatic rings. The summed E-state index contributed by atoms with van der Waals surface area (Å²) in [5.41, 5.74) is 0. The summed E-state index contributed by atoms with van der Waals surface area (Å²) in [6.07, 6.45) is 1.63. The number of nitrogens with zero attached hydrogens (tertiary/aromatic N) is 1. The van der Waals surface area contributed by atoms with E-state index in [-0.39, 0.29) is 6.54 Å². The van der Waals surface area contributed by atoms with E-state index < -0.39 is 4.21 Å². The summed E-state index contributed by atoms with van der Waals surface area (Å²) in [6.45, 7) is 0.209. The molecule has 1 saturated heterocycles. The fourth-order valence-electron chi connectivity index (χ4n) is 0.587. The Bertz CT molecular complexity index is 78.1. The molecule has 0 aromatic carbocycles. The van der Waals surface area contributed by atoms with Crippen LogP contribution in [0.3, 0.4) is 0 Å². The summed E-state index contributed by atoms with van der Waals surface area (Å²) in [4.78, 5) is 0. The molecule has 0 N–H and O–H groups in total. The second-order valence-electron chi connectivity index (χ2n) is 1.75. The maximum atomic E-state index is 10.4. The van der Waals surface area contributed by atoms with Crippen LogP contribution in [0.15, 0.2) is 0 Å². The Balaban J connectivity index is 2.33. The van der Waals surface area contributed by atoms with Crippen molar-refractivity contribution in [3.05, 3.63) is 16.2 Å². The van der Waals surface area contributed by atoms with E-state index in [1.807, 2.05) is 0 Å². The molecule has 0 atom stereocenters. The van der Waals surface area contributed by atoms with Gasteiger partial charge in [-0.2, -0.15) is 0 Å². The average molecular weight is 133 g/mol. The molecule has 0 aromatic heterocycles. The van der Waals surface area contributed by atoms with E-state index in [1.54, 1.807) is 5.75 Å². The van der Waals surface area contributed by atoms with Gasteiger partial charge >= 0.3 is 0 Å². The van der Waals surface area contributed by atoms with Gasteiger partial charge in [-0.3, -0.25) is 0 Å². The zero-order chi connectivity index (χ0) is 6.04. The van der Waals surface area contributed by atoms with E-state index in [2.05, 4.69) is 0 Å². The lowest BCUT2D eigenvalue weighted by atomic mass is 10.3. The van der Waals surface area contributed by atoms with Crippen molar-refractivity contribution in [1.82, 2.24) is 0 Å². The minimum atomic E-state index is -1.39. The minimum absolute atomic E-state index is 0.209. The highest BCUT2D eigenvalue weighted by Crippen LogP contribution is 2.29. The van der Waals surface area contributed by atoms with Crippen molar-refractivity contribution in [1.29, 1.82) is 0 Å². The van der Waals surface area contributed by atoms with Crippen LogP contribution >= 0.6 is 11.9 Å². The Morgan fingerprint density at radius 3 is 2.50 bits per heavy atom. The van der Waals surface area contributed by atoms with Gasteiger partial charge in [0.15, 0.2) is 0 Å². The molecule has 47 valence electrons. The Morgan fingerprint density at radius 1 is 1.50 bits per heavy atom. The molecule has 0 amide bonds. The Labute approximate surface area is 52.6 Å². The largest absolute Gasteiger partial charge is 0.619 e. The Hall–Kier alpha value is 0.230. The summed E-state index contributed by atoms with van der Waals surface area (Å²) in [7, 11) is 0. The number of hydroxylamine groups is 2. The lowest BCUT2D eigenvalue weighted by molar-refractivity contribution is -0.684. The average Bonchev–Trinajstić information content (AvgIpc) is 1.65. The summed E-state index contributed by atoms with van der Waals surface area (Å²) >= 11 is 0.822. The fourth-order valence-corrected chi connectivity index (χ4v) is 1.32. The first-order chi connectivity index (χ1) is 3.71. The van der Waals surface area contributed by atoms with Crippen molar-refractivity contribution in [3.63, 3.8) is 0 Å². The molecule has 0 unspecified atom stereocenters. The second kappa shape index (κ2) is 2.23. The maximum absolute atomic E-state index is 10.4. The van der Waals surface area contributed by atoms with Crippen LogP contribution in [0.25, 0.3) is 0 Å². The maximum Gasteiger partial charge on any atom is 0.0888 e. The number of rotatable bonds is 0. The van der Waals surface area contributed by atoms with Gasteiger partial charge in [0.1, 0.15) is 0 Å². The molecule has 0 aliphatic carbocycles. The van der Waals surface area contributed by atoms with Crippen molar-refractivity contribution < 1.29 is 4.21 Å². The molecule has 1 aliphatic heterocycles. The number of hydrogen-bond acceptors (Lipinski definition) is 3. The van der Waals surface area contributed by atoms with Gasteiger partial charge in [-0.05, 0) is 12.8 Å². The molecule has 1 radical (unpaired) electrons. The van der Waals surface area contributed by atoms with Gasteiger partial charge in [0.05, 0.1) is 24.2 Å². The first kappa shape index (κ1) is 6.35. The van der Waals surface area contributed by atoms with Crippen LogP contribution in [-0.2, 0) is 0 Å². The van der Waals surface area contributed by atoms with Crippen LogP contribution in [0.4, 0.5) is 0 Å². The third-order valence-electron chi connectivity index (χ3n) is 0.989. The summed E-state index contributed by atoms with van der Waals surface area (Å²) in [6, 6.07) is 0. The van der Waals surface area contributed by atoms with Crippen LogP contribution < -0.4 is 0 Å². The quantitative estimate of drug-likeness (QED) is 0.285. The summed E-state index contributed by atoms with van der Waals surface area (Å²) < 4.78 is -1.39. The highest BCUT2D eigenvalue weighted by molar-refractivity contribution is 7.95. The standard InChI is InChI=1S/C4H7NO2S/c6-5(7)3-1-2-4-8-5/h4H,1-3H2/q-1. The van der Waals surface area contributed by atoms with Crippen molar-refractivity contribution in [2.24, 2.45) is 0 Å². The molecule has 4 heteroatoms. The first-order valence-electron chi connectivity index (χ1n) is 2.51. The third-order valence-corrected chi connectivity index (χ3v) is 1.88. The van der Waals surface area contributed by atoms with Crippen LogP contribution in [-0.4, -0.2) is 10.8 Å². The van der Waals surface area contributed by atoms with E-state index in [4.69, 9.17) is 0 Å². The van der Waals surface area contributed by atoms with Crippen LogP contribution in [0.1, 0.15) is 12.8 Å². The SMILES string of the molecule is [O-][N+]1([O-])CCC[CH]S1. The predicted molar refractivity (Wildman–Crippen MR) is 33.0 cm³/mol. The molecule has 8 heavy (non-hydrogen) atoms. The van der Waals surface area contributed by atoms with E-state index in [0.29, 0.717) is 0 Å². The predicted octanol–water partition coefficient (Wildman–Crippen LogP) is 1.40. The highest BCUT2D eigenvalue weighted by Gasteiger charge is 2.12. The van der Waals surface area contributed by atoms with Gasteiger partial charge in [0.2, 0.25) is 0 Å². The number of hydrogen-bond donors (Lipinski definition) is 0. The smallest absolute Gasteiger partial charge is 0.0888 e.